The van der Waals surface area contributed by atoms with E-state index in [1.54, 1.807) is 0 Å². The van der Waals surface area contributed by atoms with Gasteiger partial charge in [0, 0.05) is 5.54 Å². The van der Waals surface area contributed by atoms with E-state index in [2.05, 4.69) is 20.8 Å². The third-order valence-corrected chi connectivity index (χ3v) is 2.92. The van der Waals surface area contributed by atoms with E-state index in [-0.39, 0.29) is 11.0 Å². The Kier molecular flexibility index (Phi) is 13.0. The first kappa shape index (κ1) is 18.3. The maximum absolute atomic E-state index is 5.93. The summed E-state index contributed by atoms with van der Waals surface area (Å²) in [5.41, 5.74) is 5.97. The number of hydrogen-bond donors (Lipinski definition) is 1. The lowest BCUT2D eigenvalue weighted by atomic mass is 9.97. The van der Waals surface area contributed by atoms with Gasteiger partial charge < -0.3 is 11.2 Å². The Bertz CT molecular complexity index is 129. The predicted octanol–water partition coefficient (Wildman–Crippen LogP) is 3.82. The standard InChI is InChI=1S/C14H31N.H2O/c1-4-5-6-7-8-9-10-11-12-13-14(2,3)15;/h4-13,15H2,1-3H3;1H2. The molecule has 0 aliphatic heterocycles. The van der Waals surface area contributed by atoms with E-state index in [4.69, 9.17) is 5.73 Å². The molecule has 0 atom stereocenters. The van der Waals surface area contributed by atoms with Crippen molar-refractivity contribution in [2.75, 3.05) is 0 Å². The first-order chi connectivity index (χ1) is 7.06. The maximum Gasteiger partial charge on any atom is 0.00970 e. The Morgan fingerprint density at radius 3 is 1.50 bits per heavy atom. The highest BCUT2D eigenvalue weighted by molar-refractivity contribution is 4.70. The number of nitrogens with two attached hydrogens (primary N) is 1. The molecule has 16 heavy (non-hydrogen) atoms. The van der Waals surface area contributed by atoms with Gasteiger partial charge in [-0.15, -0.1) is 0 Å². The van der Waals surface area contributed by atoms with Crippen LogP contribution in [0.2, 0.25) is 0 Å². The highest BCUT2D eigenvalue weighted by atomic mass is 16.0. The zero-order chi connectivity index (χ0) is 11.6. The van der Waals surface area contributed by atoms with Gasteiger partial charge in [-0.2, -0.15) is 0 Å². The Morgan fingerprint density at radius 2 is 1.12 bits per heavy atom. The molecule has 0 bridgehead atoms. The monoisotopic (exact) mass is 231 g/mol. The van der Waals surface area contributed by atoms with E-state index in [1.165, 1.54) is 64.2 Å². The van der Waals surface area contributed by atoms with Gasteiger partial charge in [0.05, 0.1) is 0 Å². The molecular weight excluding hydrogens is 198 g/mol. The molecule has 0 amide bonds. The number of hydrogen-bond acceptors (Lipinski definition) is 1. The van der Waals surface area contributed by atoms with Crippen molar-refractivity contribution in [3.8, 4) is 0 Å². The molecule has 100 valence electrons. The zero-order valence-electron chi connectivity index (χ0n) is 11.6. The Balaban J connectivity index is 0. The van der Waals surface area contributed by atoms with Crippen LogP contribution in [0.4, 0.5) is 0 Å². The summed E-state index contributed by atoms with van der Waals surface area (Å²) in [5, 5.41) is 0. The van der Waals surface area contributed by atoms with Crippen molar-refractivity contribution in [3.63, 3.8) is 0 Å². The lowest BCUT2D eigenvalue weighted by Gasteiger charge is -2.17. The second-order valence-electron chi connectivity index (χ2n) is 5.57. The molecule has 0 fully saturated rings. The van der Waals surface area contributed by atoms with Crippen LogP contribution >= 0.6 is 0 Å². The molecule has 0 saturated heterocycles. The summed E-state index contributed by atoms with van der Waals surface area (Å²) in [6.07, 6.45) is 13.8. The minimum Gasteiger partial charge on any atom is -0.412 e. The molecule has 0 saturated carbocycles. The van der Waals surface area contributed by atoms with E-state index >= 15 is 0 Å². The van der Waals surface area contributed by atoms with Crippen molar-refractivity contribution in [1.82, 2.24) is 0 Å². The normalized spacial score (nSPS) is 11.2. The van der Waals surface area contributed by atoms with Gasteiger partial charge in [0.1, 0.15) is 0 Å². The van der Waals surface area contributed by atoms with Crippen LogP contribution in [0.3, 0.4) is 0 Å². The van der Waals surface area contributed by atoms with E-state index < -0.39 is 0 Å². The molecule has 2 nitrogen and oxygen atoms in total. The van der Waals surface area contributed by atoms with Crippen LogP contribution in [0.5, 0.6) is 0 Å². The average Bonchev–Trinajstić information content (AvgIpc) is 2.14. The van der Waals surface area contributed by atoms with Crippen molar-refractivity contribution >= 4 is 0 Å². The van der Waals surface area contributed by atoms with Crippen LogP contribution < -0.4 is 5.73 Å². The van der Waals surface area contributed by atoms with Crippen LogP contribution in [0.25, 0.3) is 0 Å². The number of rotatable bonds is 10. The van der Waals surface area contributed by atoms with E-state index in [0.717, 1.165) is 0 Å². The molecule has 2 heteroatoms. The third-order valence-electron chi connectivity index (χ3n) is 2.92. The molecule has 4 N–H and O–H groups in total. The number of unbranched alkanes of at least 4 members (excludes halogenated alkanes) is 8. The van der Waals surface area contributed by atoms with E-state index in [9.17, 15) is 0 Å². The SMILES string of the molecule is CCCCCCCCCCCC(C)(C)N.O. The quantitative estimate of drug-likeness (QED) is 0.571. The van der Waals surface area contributed by atoms with E-state index in [0.29, 0.717) is 0 Å². The summed E-state index contributed by atoms with van der Waals surface area (Å²) in [7, 11) is 0. The molecule has 0 heterocycles. The van der Waals surface area contributed by atoms with Crippen LogP contribution in [0, 0.1) is 0 Å². The Hall–Kier alpha value is -0.0800. The van der Waals surface area contributed by atoms with Crippen LogP contribution in [0.15, 0.2) is 0 Å². The fourth-order valence-corrected chi connectivity index (χ4v) is 1.89. The van der Waals surface area contributed by atoms with Crippen molar-refractivity contribution in [3.05, 3.63) is 0 Å². The second-order valence-corrected chi connectivity index (χ2v) is 5.57. The second kappa shape index (κ2) is 11.4. The summed E-state index contributed by atoms with van der Waals surface area (Å²) in [5.74, 6) is 0. The lowest BCUT2D eigenvalue weighted by Crippen LogP contribution is -2.31. The topological polar surface area (TPSA) is 57.5 Å². The molecule has 0 aliphatic rings. The van der Waals surface area contributed by atoms with Crippen LogP contribution in [-0.2, 0) is 0 Å². The molecule has 0 aromatic rings. The van der Waals surface area contributed by atoms with Gasteiger partial charge in [-0.1, -0.05) is 64.7 Å². The molecule has 0 unspecified atom stereocenters. The molecule has 0 aromatic heterocycles. The highest BCUT2D eigenvalue weighted by Gasteiger charge is 2.08. The Morgan fingerprint density at radius 1 is 0.750 bits per heavy atom. The highest BCUT2D eigenvalue weighted by Crippen LogP contribution is 2.13. The zero-order valence-corrected chi connectivity index (χ0v) is 11.6. The molecule has 0 radical (unpaired) electrons. The molecule has 0 spiro atoms. The van der Waals surface area contributed by atoms with Gasteiger partial charge in [0.15, 0.2) is 0 Å². The fraction of sp³-hybridized carbons (Fsp3) is 1.00. The first-order valence-electron chi connectivity index (χ1n) is 6.85. The first-order valence-corrected chi connectivity index (χ1v) is 6.85. The van der Waals surface area contributed by atoms with Crippen molar-refractivity contribution < 1.29 is 5.48 Å². The molecular formula is C14H33NO. The van der Waals surface area contributed by atoms with Gasteiger partial charge >= 0.3 is 0 Å². The van der Waals surface area contributed by atoms with Crippen molar-refractivity contribution in [1.29, 1.82) is 0 Å². The third kappa shape index (κ3) is 16.4. The minimum absolute atomic E-state index is 0. The van der Waals surface area contributed by atoms with Gasteiger partial charge in [0.25, 0.3) is 0 Å². The van der Waals surface area contributed by atoms with Gasteiger partial charge in [-0.25, -0.2) is 0 Å². The fourth-order valence-electron chi connectivity index (χ4n) is 1.89. The predicted molar refractivity (Wildman–Crippen MR) is 73.7 cm³/mol. The smallest absolute Gasteiger partial charge is 0.00970 e. The van der Waals surface area contributed by atoms with Gasteiger partial charge in [0.2, 0.25) is 0 Å². The van der Waals surface area contributed by atoms with Crippen molar-refractivity contribution in [2.45, 2.75) is 90.5 Å². The summed E-state index contributed by atoms with van der Waals surface area (Å²) in [6.45, 7) is 6.52. The largest absolute Gasteiger partial charge is 0.412 e. The Labute approximate surface area is 102 Å². The summed E-state index contributed by atoms with van der Waals surface area (Å²) >= 11 is 0. The summed E-state index contributed by atoms with van der Waals surface area (Å²) in [6, 6.07) is 0. The maximum atomic E-state index is 5.93. The van der Waals surface area contributed by atoms with Gasteiger partial charge in [-0.3, -0.25) is 0 Å². The summed E-state index contributed by atoms with van der Waals surface area (Å²) < 4.78 is 0. The van der Waals surface area contributed by atoms with E-state index in [1.807, 2.05) is 0 Å². The molecule has 0 rings (SSSR count). The minimum atomic E-state index is 0. The average molecular weight is 231 g/mol. The van der Waals surface area contributed by atoms with Gasteiger partial charge in [-0.05, 0) is 20.3 Å². The molecule has 0 aromatic carbocycles. The van der Waals surface area contributed by atoms with Crippen LogP contribution in [-0.4, -0.2) is 11.0 Å². The summed E-state index contributed by atoms with van der Waals surface area (Å²) in [4.78, 5) is 0. The lowest BCUT2D eigenvalue weighted by molar-refractivity contribution is 0.440. The molecule has 0 aliphatic carbocycles. The van der Waals surface area contributed by atoms with Crippen molar-refractivity contribution in [2.24, 2.45) is 5.73 Å². The van der Waals surface area contributed by atoms with Crippen LogP contribution in [0.1, 0.15) is 85.0 Å².